The average molecular weight is 298 g/mol. The maximum Gasteiger partial charge on any atom is 0.179 e. The van der Waals surface area contributed by atoms with Gasteiger partial charge in [0.2, 0.25) is 0 Å². The van der Waals surface area contributed by atoms with Gasteiger partial charge in [0.15, 0.2) is 11.5 Å². The second-order valence-electron chi connectivity index (χ2n) is 6.57. The van der Waals surface area contributed by atoms with Gasteiger partial charge in [-0.05, 0) is 28.5 Å². The molecule has 1 aliphatic carbocycles. The van der Waals surface area contributed by atoms with Crippen molar-refractivity contribution in [3.05, 3.63) is 22.7 Å². The van der Waals surface area contributed by atoms with Gasteiger partial charge in [-0.1, -0.05) is 39.3 Å². The third-order valence-electron chi connectivity index (χ3n) is 5.02. The number of hydrogen-bond acceptors (Lipinski definition) is 3. The van der Waals surface area contributed by atoms with Crippen LogP contribution in [0.15, 0.2) is 12.1 Å². The summed E-state index contributed by atoms with van der Waals surface area (Å²) in [6, 6.07) is 4.42. The first-order valence-electron chi connectivity index (χ1n) is 6.89. The van der Waals surface area contributed by atoms with Crippen LogP contribution in [0.4, 0.5) is 0 Å². The molecule has 1 fully saturated rings. The van der Waals surface area contributed by atoms with Crippen LogP contribution in [0.3, 0.4) is 0 Å². The van der Waals surface area contributed by atoms with Crippen molar-refractivity contribution in [3.63, 3.8) is 0 Å². The molecule has 0 atom stereocenters. The van der Waals surface area contributed by atoms with E-state index in [1.807, 2.05) is 12.1 Å². The van der Waals surface area contributed by atoms with E-state index in [9.17, 15) is 0 Å². The van der Waals surface area contributed by atoms with Gasteiger partial charge >= 0.3 is 0 Å². The van der Waals surface area contributed by atoms with E-state index in [0.717, 1.165) is 12.1 Å². The Balaban J connectivity index is 2.10. The molecule has 0 spiro atoms. The Bertz CT molecular complexity index is 497. The summed E-state index contributed by atoms with van der Waals surface area (Å²) >= 11 is 6.22. The maximum atomic E-state index is 6.22. The summed E-state index contributed by atoms with van der Waals surface area (Å²) in [7, 11) is 3.22. The van der Waals surface area contributed by atoms with Crippen molar-refractivity contribution in [1.29, 1.82) is 0 Å². The van der Waals surface area contributed by atoms with E-state index in [0.29, 0.717) is 33.4 Å². The lowest BCUT2D eigenvalue weighted by molar-refractivity contribution is 0.354. The zero-order chi connectivity index (χ0) is 15.1. The third-order valence-corrected chi connectivity index (χ3v) is 5.31. The number of benzene rings is 1. The highest BCUT2D eigenvalue weighted by atomic mass is 35.5. The molecule has 0 saturated heterocycles. The highest BCUT2D eigenvalue weighted by molar-refractivity contribution is 6.32. The lowest BCUT2D eigenvalue weighted by Crippen LogP contribution is -2.21. The minimum atomic E-state index is 0.327. The maximum absolute atomic E-state index is 6.22. The van der Waals surface area contributed by atoms with Crippen molar-refractivity contribution in [2.75, 3.05) is 14.2 Å². The largest absolute Gasteiger partial charge is 0.493 e. The Kier molecular flexibility index (Phi) is 3.96. The Hall–Kier alpha value is -0.930. The fourth-order valence-electron chi connectivity index (χ4n) is 3.00. The van der Waals surface area contributed by atoms with Gasteiger partial charge in [0.25, 0.3) is 0 Å². The quantitative estimate of drug-likeness (QED) is 0.894. The lowest BCUT2D eigenvalue weighted by Gasteiger charge is -2.13. The molecule has 0 heterocycles. The van der Waals surface area contributed by atoms with Crippen molar-refractivity contribution in [2.24, 2.45) is 10.8 Å². The fraction of sp³-hybridized carbons (Fsp3) is 0.625. The number of rotatable bonds is 5. The number of halogens is 1. The van der Waals surface area contributed by atoms with Gasteiger partial charge in [-0.2, -0.15) is 0 Å². The SMILES string of the molecule is COc1cc(CNC2C(C)(C)C2(C)C)cc(Cl)c1OC. The summed E-state index contributed by atoms with van der Waals surface area (Å²) in [5.74, 6) is 1.26. The van der Waals surface area contributed by atoms with Crippen molar-refractivity contribution >= 4 is 11.6 Å². The van der Waals surface area contributed by atoms with E-state index >= 15 is 0 Å². The summed E-state index contributed by atoms with van der Waals surface area (Å²) in [5.41, 5.74) is 1.76. The van der Waals surface area contributed by atoms with Crippen molar-refractivity contribution in [1.82, 2.24) is 5.32 Å². The highest BCUT2D eigenvalue weighted by Gasteiger charge is 2.64. The summed E-state index contributed by atoms with van der Waals surface area (Å²) in [5, 5.41) is 4.20. The molecule has 0 amide bonds. The molecule has 0 unspecified atom stereocenters. The molecule has 0 radical (unpaired) electrons. The van der Waals surface area contributed by atoms with Crippen molar-refractivity contribution in [2.45, 2.75) is 40.3 Å². The molecule has 0 aromatic heterocycles. The Labute approximate surface area is 126 Å². The van der Waals surface area contributed by atoms with Crippen LogP contribution in [0.25, 0.3) is 0 Å². The monoisotopic (exact) mass is 297 g/mol. The minimum Gasteiger partial charge on any atom is -0.493 e. The molecule has 0 aliphatic heterocycles. The Morgan fingerprint density at radius 2 is 1.70 bits per heavy atom. The van der Waals surface area contributed by atoms with Crippen LogP contribution in [0, 0.1) is 10.8 Å². The Morgan fingerprint density at radius 3 is 2.15 bits per heavy atom. The van der Waals surface area contributed by atoms with Gasteiger partial charge < -0.3 is 14.8 Å². The second-order valence-corrected chi connectivity index (χ2v) is 6.98. The normalized spacial score (nSPS) is 19.8. The first kappa shape index (κ1) is 15.5. The molecule has 1 aromatic carbocycles. The molecule has 4 heteroatoms. The molecule has 2 rings (SSSR count). The van der Waals surface area contributed by atoms with Gasteiger partial charge in [0.1, 0.15) is 0 Å². The number of nitrogens with one attached hydrogen (secondary N) is 1. The van der Waals surface area contributed by atoms with Crippen molar-refractivity contribution in [3.8, 4) is 11.5 Å². The van der Waals surface area contributed by atoms with E-state index in [1.165, 1.54) is 0 Å². The predicted molar refractivity (Wildman–Crippen MR) is 82.7 cm³/mol. The molecule has 1 saturated carbocycles. The molecule has 0 bridgehead atoms. The van der Waals surface area contributed by atoms with Crippen LogP contribution in [-0.4, -0.2) is 20.3 Å². The van der Waals surface area contributed by atoms with Crippen LogP contribution in [0.5, 0.6) is 11.5 Å². The molecule has 3 nitrogen and oxygen atoms in total. The van der Waals surface area contributed by atoms with Gasteiger partial charge in [0, 0.05) is 12.6 Å². The van der Waals surface area contributed by atoms with Gasteiger partial charge in [-0.25, -0.2) is 0 Å². The highest BCUT2D eigenvalue weighted by Crippen LogP contribution is 2.62. The summed E-state index contributed by atoms with van der Waals surface area (Å²) in [4.78, 5) is 0. The summed E-state index contributed by atoms with van der Waals surface area (Å²) < 4.78 is 10.6. The molecule has 112 valence electrons. The molecular formula is C16H24ClNO2. The van der Waals surface area contributed by atoms with E-state index in [1.54, 1.807) is 14.2 Å². The standard InChI is InChI=1S/C16H24ClNO2/c1-15(2)14(16(15,3)4)18-9-10-7-11(17)13(20-6)12(8-10)19-5/h7-8,14,18H,9H2,1-6H3. The second kappa shape index (κ2) is 5.12. The smallest absolute Gasteiger partial charge is 0.179 e. The van der Waals surface area contributed by atoms with Crippen LogP contribution in [0.1, 0.15) is 33.3 Å². The molecular weight excluding hydrogens is 274 g/mol. The van der Waals surface area contributed by atoms with Gasteiger partial charge in [-0.15, -0.1) is 0 Å². The number of ether oxygens (including phenoxy) is 2. The average Bonchev–Trinajstić information content (AvgIpc) is 2.76. The van der Waals surface area contributed by atoms with E-state index < -0.39 is 0 Å². The van der Waals surface area contributed by atoms with Crippen molar-refractivity contribution < 1.29 is 9.47 Å². The topological polar surface area (TPSA) is 30.5 Å². The predicted octanol–water partition coefficient (Wildman–Crippen LogP) is 3.88. The first-order valence-corrected chi connectivity index (χ1v) is 7.27. The van der Waals surface area contributed by atoms with Gasteiger partial charge in [0.05, 0.1) is 19.2 Å². The lowest BCUT2D eigenvalue weighted by atomic mass is 10.0. The fourth-order valence-corrected chi connectivity index (χ4v) is 3.31. The van der Waals surface area contributed by atoms with Gasteiger partial charge in [-0.3, -0.25) is 0 Å². The summed E-state index contributed by atoms with van der Waals surface area (Å²) in [6.07, 6.45) is 0. The Morgan fingerprint density at radius 1 is 1.10 bits per heavy atom. The molecule has 1 N–H and O–H groups in total. The zero-order valence-electron chi connectivity index (χ0n) is 13.1. The molecule has 1 aliphatic rings. The third kappa shape index (κ3) is 2.38. The van der Waals surface area contributed by atoms with E-state index in [4.69, 9.17) is 21.1 Å². The van der Waals surface area contributed by atoms with E-state index in [2.05, 4.69) is 33.0 Å². The van der Waals surface area contributed by atoms with Crippen LogP contribution >= 0.6 is 11.6 Å². The minimum absolute atomic E-state index is 0.327. The van der Waals surface area contributed by atoms with Crippen LogP contribution in [0.2, 0.25) is 5.02 Å². The summed E-state index contributed by atoms with van der Waals surface area (Å²) in [6.45, 7) is 9.97. The van der Waals surface area contributed by atoms with Crippen LogP contribution < -0.4 is 14.8 Å². The molecule has 1 aromatic rings. The van der Waals surface area contributed by atoms with Crippen LogP contribution in [-0.2, 0) is 6.54 Å². The number of hydrogen-bond donors (Lipinski definition) is 1. The van der Waals surface area contributed by atoms with E-state index in [-0.39, 0.29) is 0 Å². The first-order chi connectivity index (χ1) is 9.25. The number of methoxy groups -OCH3 is 2. The molecule has 20 heavy (non-hydrogen) atoms. The zero-order valence-corrected chi connectivity index (χ0v) is 13.9.